The van der Waals surface area contributed by atoms with Gasteiger partial charge in [0.25, 0.3) is 0 Å². The second kappa shape index (κ2) is 9.71. The van der Waals surface area contributed by atoms with E-state index in [0.717, 1.165) is 23.7 Å². The molecule has 0 aliphatic carbocycles. The molecule has 1 N–H and O–H groups in total. The number of hydrogen-bond donors (Lipinski definition) is 1. The predicted octanol–water partition coefficient (Wildman–Crippen LogP) is 5.10. The third kappa shape index (κ3) is 5.57. The molecule has 164 valence electrons. The minimum Gasteiger partial charge on any atom is -0.494 e. The summed E-state index contributed by atoms with van der Waals surface area (Å²) in [4.78, 5) is 0. The Bertz CT molecular complexity index is 955. The van der Waals surface area contributed by atoms with Crippen molar-refractivity contribution in [2.24, 2.45) is 0 Å². The highest BCUT2D eigenvalue weighted by Crippen LogP contribution is 2.41. The Kier molecular flexibility index (Phi) is 7.48. The van der Waals surface area contributed by atoms with Gasteiger partial charge in [-0.1, -0.05) is 50.6 Å². The summed E-state index contributed by atoms with van der Waals surface area (Å²) in [5.74, 6) is 1.22. The molecule has 1 unspecified atom stereocenters. The van der Waals surface area contributed by atoms with Crippen molar-refractivity contribution in [3.8, 4) is 5.75 Å². The molecule has 0 radical (unpaired) electrons. The number of rotatable bonds is 9. The summed E-state index contributed by atoms with van der Waals surface area (Å²) in [7, 11) is -2.96. The van der Waals surface area contributed by atoms with Crippen molar-refractivity contribution in [3.05, 3.63) is 64.2 Å². The Morgan fingerprint density at radius 3 is 2.57 bits per heavy atom. The highest BCUT2D eigenvalue weighted by atomic mass is 35.5. The number of fused-ring (bicyclic) bond motifs is 1. The molecule has 0 aromatic heterocycles. The first-order valence-electron chi connectivity index (χ1n) is 10.7. The fraction of sp³-hybridized carbons (Fsp3) is 0.500. The van der Waals surface area contributed by atoms with E-state index >= 15 is 0 Å². The van der Waals surface area contributed by atoms with E-state index in [1.807, 2.05) is 25.1 Å². The number of sulfone groups is 1. The van der Waals surface area contributed by atoms with E-state index < -0.39 is 9.84 Å². The van der Waals surface area contributed by atoms with Crippen LogP contribution in [0.3, 0.4) is 0 Å². The lowest BCUT2D eigenvalue weighted by atomic mass is 9.72. The van der Waals surface area contributed by atoms with Gasteiger partial charge in [0.05, 0.1) is 12.4 Å². The molecule has 1 aliphatic rings. The van der Waals surface area contributed by atoms with Gasteiger partial charge in [-0.05, 0) is 66.8 Å². The molecule has 0 amide bonds. The van der Waals surface area contributed by atoms with Crippen LogP contribution >= 0.6 is 11.6 Å². The Hall–Kier alpha value is -1.56. The van der Waals surface area contributed by atoms with E-state index in [9.17, 15) is 8.42 Å². The van der Waals surface area contributed by atoms with Gasteiger partial charge < -0.3 is 10.1 Å². The van der Waals surface area contributed by atoms with Crippen LogP contribution in [-0.2, 0) is 21.7 Å². The summed E-state index contributed by atoms with van der Waals surface area (Å²) >= 11 is 6.09. The van der Waals surface area contributed by atoms with Crippen molar-refractivity contribution < 1.29 is 13.2 Å². The van der Waals surface area contributed by atoms with Gasteiger partial charge in [0.15, 0.2) is 0 Å². The molecular formula is C24H32ClNO3S. The molecular weight excluding hydrogens is 418 g/mol. The van der Waals surface area contributed by atoms with Crippen LogP contribution in [-0.4, -0.2) is 33.1 Å². The van der Waals surface area contributed by atoms with Crippen LogP contribution in [0.4, 0.5) is 0 Å². The second-order valence-corrected chi connectivity index (χ2v) is 11.3. The van der Waals surface area contributed by atoms with Crippen LogP contribution in [0.25, 0.3) is 0 Å². The molecule has 1 heterocycles. The summed E-state index contributed by atoms with van der Waals surface area (Å²) in [6.07, 6.45) is 2.15. The lowest BCUT2D eigenvalue weighted by Gasteiger charge is -2.40. The first-order valence-corrected chi connectivity index (χ1v) is 12.9. The Morgan fingerprint density at radius 1 is 1.13 bits per heavy atom. The fourth-order valence-electron chi connectivity index (χ4n) is 4.19. The van der Waals surface area contributed by atoms with Crippen molar-refractivity contribution in [1.82, 2.24) is 5.32 Å². The molecule has 6 heteroatoms. The van der Waals surface area contributed by atoms with Gasteiger partial charge in [-0.15, -0.1) is 0 Å². The van der Waals surface area contributed by atoms with E-state index in [2.05, 4.69) is 43.4 Å². The van der Waals surface area contributed by atoms with Gasteiger partial charge in [0.2, 0.25) is 0 Å². The lowest BCUT2D eigenvalue weighted by Crippen LogP contribution is -2.41. The minimum atomic E-state index is -2.96. The zero-order valence-corrected chi connectivity index (χ0v) is 19.7. The molecule has 3 rings (SSSR count). The largest absolute Gasteiger partial charge is 0.494 e. The summed E-state index contributed by atoms with van der Waals surface area (Å²) in [5.41, 5.74) is 3.67. The van der Waals surface area contributed by atoms with E-state index in [1.54, 1.807) is 0 Å². The first-order chi connectivity index (χ1) is 14.2. The fourth-order valence-corrected chi connectivity index (χ4v) is 5.70. The van der Waals surface area contributed by atoms with Crippen LogP contribution in [0.1, 0.15) is 56.3 Å². The smallest absolute Gasteiger partial charge is 0.150 e. The third-order valence-corrected chi connectivity index (χ3v) is 8.06. The van der Waals surface area contributed by atoms with E-state index in [4.69, 9.17) is 16.3 Å². The van der Waals surface area contributed by atoms with Gasteiger partial charge in [-0.3, -0.25) is 0 Å². The van der Waals surface area contributed by atoms with Gasteiger partial charge in [0, 0.05) is 22.2 Å². The molecule has 1 atom stereocenters. The Morgan fingerprint density at radius 2 is 1.87 bits per heavy atom. The summed E-state index contributed by atoms with van der Waals surface area (Å²) in [6, 6.07) is 14.5. The normalized spacial score (nSPS) is 16.9. The summed E-state index contributed by atoms with van der Waals surface area (Å²) < 4.78 is 29.7. The minimum absolute atomic E-state index is 0.132. The lowest BCUT2D eigenvalue weighted by molar-refractivity contribution is 0.310. The van der Waals surface area contributed by atoms with Crippen LogP contribution < -0.4 is 10.1 Å². The highest BCUT2D eigenvalue weighted by Gasteiger charge is 2.35. The standard InChI is InChI=1S/C24H32ClNO3S/c1-4-15-30(27,28)16-5-14-29-21-11-6-18-12-13-26-23(22(18)17-21)24(2,3)19-7-9-20(25)10-8-19/h6-11,17,23,26H,4-5,12-16H2,1-3H3. The van der Waals surface area contributed by atoms with Crippen molar-refractivity contribution in [3.63, 3.8) is 0 Å². The van der Waals surface area contributed by atoms with Crippen LogP contribution in [0.5, 0.6) is 5.75 Å². The molecule has 0 bridgehead atoms. The van der Waals surface area contributed by atoms with Gasteiger partial charge >= 0.3 is 0 Å². The topological polar surface area (TPSA) is 55.4 Å². The maximum Gasteiger partial charge on any atom is 0.150 e. The van der Waals surface area contributed by atoms with Gasteiger partial charge in [-0.25, -0.2) is 8.42 Å². The zero-order valence-electron chi connectivity index (χ0n) is 18.1. The zero-order chi connectivity index (χ0) is 21.8. The Labute approximate surface area is 185 Å². The third-order valence-electron chi connectivity index (χ3n) is 5.86. The molecule has 0 spiro atoms. The van der Waals surface area contributed by atoms with Crippen LogP contribution in [0.2, 0.25) is 5.02 Å². The number of halogens is 1. The monoisotopic (exact) mass is 449 g/mol. The van der Waals surface area contributed by atoms with Crippen LogP contribution in [0, 0.1) is 0 Å². The number of ether oxygens (including phenoxy) is 1. The number of nitrogens with one attached hydrogen (secondary N) is 1. The average Bonchev–Trinajstić information content (AvgIpc) is 2.71. The van der Waals surface area contributed by atoms with Crippen molar-refractivity contribution in [2.75, 3.05) is 24.7 Å². The van der Waals surface area contributed by atoms with Gasteiger partial charge in [-0.2, -0.15) is 0 Å². The van der Waals surface area contributed by atoms with Crippen molar-refractivity contribution in [2.45, 2.75) is 51.5 Å². The van der Waals surface area contributed by atoms with E-state index in [1.165, 1.54) is 16.7 Å². The maximum atomic E-state index is 11.9. The molecule has 30 heavy (non-hydrogen) atoms. The molecule has 0 saturated carbocycles. The Balaban J connectivity index is 1.74. The molecule has 0 saturated heterocycles. The van der Waals surface area contributed by atoms with Crippen molar-refractivity contribution >= 4 is 21.4 Å². The van der Waals surface area contributed by atoms with E-state index in [-0.39, 0.29) is 23.0 Å². The second-order valence-electron chi connectivity index (χ2n) is 8.58. The SMILES string of the molecule is CCCS(=O)(=O)CCCOc1ccc2c(c1)C(C(C)(C)c1ccc(Cl)cc1)NCC2. The van der Waals surface area contributed by atoms with Gasteiger partial charge in [0.1, 0.15) is 15.6 Å². The summed E-state index contributed by atoms with van der Waals surface area (Å²) in [6.45, 7) is 7.71. The molecule has 2 aromatic rings. The molecule has 4 nitrogen and oxygen atoms in total. The summed E-state index contributed by atoms with van der Waals surface area (Å²) in [5, 5.41) is 4.43. The maximum absolute atomic E-state index is 11.9. The molecule has 1 aliphatic heterocycles. The highest BCUT2D eigenvalue weighted by molar-refractivity contribution is 7.91. The van der Waals surface area contributed by atoms with E-state index in [0.29, 0.717) is 19.4 Å². The first kappa shape index (κ1) is 23.1. The quantitative estimate of drug-likeness (QED) is 0.541. The molecule has 2 aromatic carbocycles. The number of benzene rings is 2. The van der Waals surface area contributed by atoms with Crippen molar-refractivity contribution in [1.29, 1.82) is 0 Å². The van der Waals surface area contributed by atoms with Crippen LogP contribution in [0.15, 0.2) is 42.5 Å². The molecule has 0 fully saturated rings. The number of hydrogen-bond acceptors (Lipinski definition) is 4. The predicted molar refractivity (Wildman–Crippen MR) is 124 cm³/mol. The average molecular weight is 450 g/mol.